The van der Waals surface area contributed by atoms with E-state index in [1.54, 1.807) is 43.0 Å². The molecule has 1 aromatic carbocycles. The van der Waals surface area contributed by atoms with Crippen LogP contribution in [0.25, 0.3) is 0 Å². The molecule has 1 aliphatic rings. The fourth-order valence-electron chi connectivity index (χ4n) is 3.11. The molecule has 0 bridgehead atoms. The summed E-state index contributed by atoms with van der Waals surface area (Å²) in [6.07, 6.45) is 3.77. The Hall–Kier alpha value is -2.87. The van der Waals surface area contributed by atoms with Crippen LogP contribution in [0.4, 0.5) is 5.69 Å². The number of nitrogens with one attached hydrogen (secondary N) is 2. The minimum atomic E-state index is -0.172. The molecule has 0 aliphatic carbocycles. The quantitative estimate of drug-likeness (QED) is 0.785. The van der Waals surface area contributed by atoms with Crippen LogP contribution in [-0.2, 0) is 16.6 Å². The number of rotatable bonds is 6. The highest BCUT2D eigenvalue weighted by atomic mass is 16.5. The van der Waals surface area contributed by atoms with Crippen LogP contribution in [0.15, 0.2) is 36.7 Å². The lowest BCUT2D eigenvalue weighted by molar-refractivity contribution is -0.130. The van der Waals surface area contributed by atoms with Crippen molar-refractivity contribution in [2.45, 2.75) is 5.92 Å². The van der Waals surface area contributed by atoms with Gasteiger partial charge in [0, 0.05) is 58.1 Å². The van der Waals surface area contributed by atoms with Crippen molar-refractivity contribution in [3.8, 4) is 5.75 Å². The number of ether oxygens (including phenoxy) is 1. The molecule has 3 rings (SSSR count). The largest absolute Gasteiger partial charge is 0.484 e. The summed E-state index contributed by atoms with van der Waals surface area (Å²) in [5.41, 5.74) is 1.70. The number of hydrogen-bond acceptors (Lipinski definition) is 5. The van der Waals surface area contributed by atoms with Gasteiger partial charge < -0.3 is 20.3 Å². The van der Waals surface area contributed by atoms with Crippen molar-refractivity contribution in [1.82, 2.24) is 20.0 Å². The molecule has 0 spiro atoms. The summed E-state index contributed by atoms with van der Waals surface area (Å²) >= 11 is 0. The van der Waals surface area contributed by atoms with Crippen LogP contribution in [0.1, 0.15) is 11.5 Å². The van der Waals surface area contributed by atoms with E-state index in [0.717, 1.165) is 12.1 Å². The van der Waals surface area contributed by atoms with E-state index >= 15 is 0 Å². The molecule has 27 heavy (non-hydrogen) atoms. The zero-order valence-corrected chi connectivity index (χ0v) is 15.8. The predicted molar refractivity (Wildman–Crippen MR) is 102 cm³/mol. The average Bonchev–Trinajstić information content (AvgIpc) is 3.28. The molecule has 144 valence electrons. The van der Waals surface area contributed by atoms with Gasteiger partial charge in [0.1, 0.15) is 5.75 Å². The Kier molecular flexibility index (Phi) is 5.75. The predicted octanol–water partition coefficient (Wildman–Crippen LogP) is 0.829. The van der Waals surface area contributed by atoms with Crippen LogP contribution in [0, 0.1) is 5.92 Å². The maximum Gasteiger partial charge on any atom is 0.259 e. The Bertz CT molecular complexity index is 817. The molecule has 2 atom stereocenters. The lowest BCUT2D eigenvalue weighted by atomic mass is 9.90. The maximum atomic E-state index is 12.8. The van der Waals surface area contributed by atoms with Gasteiger partial charge in [-0.25, -0.2) is 0 Å². The zero-order valence-electron chi connectivity index (χ0n) is 15.8. The lowest BCUT2D eigenvalue weighted by Gasteiger charge is -2.17. The molecule has 8 heteroatoms. The van der Waals surface area contributed by atoms with E-state index in [9.17, 15) is 9.59 Å². The molecule has 0 radical (unpaired) electrons. The maximum absolute atomic E-state index is 12.8. The fourth-order valence-corrected chi connectivity index (χ4v) is 3.11. The molecule has 2 heterocycles. The fraction of sp³-hybridized carbons (Fsp3) is 0.421. The minimum Gasteiger partial charge on any atom is -0.484 e. The first kappa shape index (κ1) is 18.9. The third kappa shape index (κ3) is 4.65. The van der Waals surface area contributed by atoms with Crippen LogP contribution in [0.2, 0.25) is 0 Å². The number of nitrogens with zero attached hydrogens (tertiary/aromatic N) is 3. The second-order valence-corrected chi connectivity index (χ2v) is 6.91. The molecule has 8 nitrogen and oxygen atoms in total. The second kappa shape index (κ2) is 8.22. The Labute approximate surface area is 158 Å². The molecule has 2 amide bonds. The van der Waals surface area contributed by atoms with Crippen LogP contribution in [0.5, 0.6) is 5.75 Å². The SMILES string of the molecule is CN(C)C(=O)COc1cccc(NC(=O)[C@H]2CNC[C@@H]2c2cnn(C)c2)c1. The number of hydrogen-bond donors (Lipinski definition) is 2. The first-order valence-electron chi connectivity index (χ1n) is 8.87. The number of carbonyl (C=O) groups excluding carboxylic acids is 2. The van der Waals surface area contributed by atoms with Crippen molar-refractivity contribution >= 4 is 17.5 Å². The van der Waals surface area contributed by atoms with Crippen molar-refractivity contribution in [2.75, 3.05) is 39.1 Å². The van der Waals surface area contributed by atoms with Gasteiger partial charge in [-0.05, 0) is 17.7 Å². The Morgan fingerprint density at radius 3 is 2.89 bits per heavy atom. The van der Waals surface area contributed by atoms with Gasteiger partial charge in [-0.2, -0.15) is 5.10 Å². The standard InChI is InChI=1S/C19H25N5O3/c1-23(2)18(25)12-27-15-6-4-5-14(7-15)22-19(26)17-10-20-9-16(17)13-8-21-24(3)11-13/h4-8,11,16-17,20H,9-10,12H2,1-3H3,(H,22,26)/t16-,17+/m1/s1. The monoisotopic (exact) mass is 371 g/mol. The first-order valence-corrected chi connectivity index (χ1v) is 8.87. The number of benzene rings is 1. The van der Waals surface area contributed by atoms with Gasteiger partial charge in [-0.15, -0.1) is 0 Å². The summed E-state index contributed by atoms with van der Waals surface area (Å²) in [7, 11) is 5.22. The highest BCUT2D eigenvalue weighted by molar-refractivity contribution is 5.93. The van der Waals surface area contributed by atoms with E-state index in [0.29, 0.717) is 18.0 Å². The van der Waals surface area contributed by atoms with Crippen LogP contribution in [-0.4, -0.2) is 60.3 Å². The van der Waals surface area contributed by atoms with Crippen molar-refractivity contribution in [3.63, 3.8) is 0 Å². The number of carbonyl (C=O) groups is 2. The topological polar surface area (TPSA) is 88.5 Å². The third-order valence-electron chi connectivity index (χ3n) is 4.67. The van der Waals surface area contributed by atoms with Gasteiger partial charge in [0.2, 0.25) is 5.91 Å². The highest BCUT2D eigenvalue weighted by Gasteiger charge is 2.34. The second-order valence-electron chi connectivity index (χ2n) is 6.91. The van der Waals surface area contributed by atoms with E-state index < -0.39 is 0 Å². The first-order chi connectivity index (χ1) is 12.9. The number of aryl methyl sites for hydroxylation is 1. The van der Waals surface area contributed by atoms with E-state index in [1.807, 2.05) is 19.4 Å². The van der Waals surface area contributed by atoms with Gasteiger partial charge in [-0.3, -0.25) is 14.3 Å². The van der Waals surface area contributed by atoms with Crippen LogP contribution in [0.3, 0.4) is 0 Å². The Balaban J connectivity index is 1.63. The number of anilines is 1. The van der Waals surface area contributed by atoms with Gasteiger partial charge in [0.15, 0.2) is 6.61 Å². The molecule has 2 aromatic rings. The summed E-state index contributed by atoms with van der Waals surface area (Å²) in [4.78, 5) is 25.9. The third-order valence-corrected chi connectivity index (χ3v) is 4.67. The molecule has 1 aromatic heterocycles. The van der Waals surface area contributed by atoms with E-state index in [1.165, 1.54) is 4.90 Å². The average molecular weight is 371 g/mol. The smallest absolute Gasteiger partial charge is 0.259 e. The summed E-state index contributed by atoms with van der Waals surface area (Å²) in [6.45, 7) is 1.33. The molecule has 1 saturated heterocycles. The lowest BCUT2D eigenvalue weighted by Crippen LogP contribution is -2.28. The van der Waals surface area contributed by atoms with Gasteiger partial charge in [-0.1, -0.05) is 6.07 Å². The normalized spacial score (nSPS) is 18.9. The summed E-state index contributed by atoms with van der Waals surface area (Å²) in [6, 6.07) is 7.08. The number of amides is 2. The molecular weight excluding hydrogens is 346 g/mol. The number of aromatic nitrogens is 2. The molecular formula is C19H25N5O3. The molecule has 0 saturated carbocycles. The van der Waals surface area contributed by atoms with Gasteiger partial charge >= 0.3 is 0 Å². The van der Waals surface area contributed by atoms with Crippen molar-refractivity contribution in [2.24, 2.45) is 13.0 Å². The molecule has 1 fully saturated rings. The highest BCUT2D eigenvalue weighted by Crippen LogP contribution is 2.29. The summed E-state index contributed by atoms with van der Waals surface area (Å²) in [5, 5.41) is 10.5. The van der Waals surface area contributed by atoms with E-state index in [4.69, 9.17) is 4.74 Å². The molecule has 1 aliphatic heterocycles. The van der Waals surface area contributed by atoms with Crippen molar-refractivity contribution in [3.05, 3.63) is 42.2 Å². The Morgan fingerprint density at radius 2 is 2.19 bits per heavy atom. The van der Waals surface area contributed by atoms with Crippen LogP contribution < -0.4 is 15.4 Å². The summed E-state index contributed by atoms with van der Waals surface area (Å²) in [5.74, 6) is 0.289. The zero-order chi connectivity index (χ0) is 19.4. The van der Waals surface area contributed by atoms with E-state index in [-0.39, 0.29) is 30.3 Å². The Morgan fingerprint density at radius 1 is 1.37 bits per heavy atom. The van der Waals surface area contributed by atoms with Crippen molar-refractivity contribution in [1.29, 1.82) is 0 Å². The van der Waals surface area contributed by atoms with Gasteiger partial charge in [0.05, 0.1) is 12.1 Å². The van der Waals surface area contributed by atoms with Crippen LogP contribution >= 0.6 is 0 Å². The molecule has 0 unspecified atom stereocenters. The minimum absolute atomic E-state index is 0.0416. The summed E-state index contributed by atoms with van der Waals surface area (Å²) < 4.78 is 7.25. The molecule has 2 N–H and O–H groups in total. The van der Waals surface area contributed by atoms with E-state index in [2.05, 4.69) is 15.7 Å². The number of likely N-dealkylation sites (N-methyl/N-ethyl adjacent to an activating group) is 1. The van der Waals surface area contributed by atoms with Gasteiger partial charge in [0.25, 0.3) is 5.91 Å². The van der Waals surface area contributed by atoms with Crippen molar-refractivity contribution < 1.29 is 14.3 Å².